The van der Waals surface area contributed by atoms with Crippen LogP contribution in [0.15, 0.2) is 29.8 Å². The fourth-order valence-corrected chi connectivity index (χ4v) is 3.36. The zero-order valence-corrected chi connectivity index (χ0v) is 20.4. The van der Waals surface area contributed by atoms with Gasteiger partial charge in [0.1, 0.15) is 30.3 Å². The number of nitrogens with one attached hydrogen (secondary N) is 2. The number of hydrogen-bond donors (Lipinski definition) is 2. The van der Waals surface area contributed by atoms with Crippen molar-refractivity contribution in [2.75, 3.05) is 19.7 Å². The number of benzene rings is 1. The van der Waals surface area contributed by atoms with Crippen LogP contribution in [0.4, 0.5) is 0 Å². The Bertz CT molecular complexity index is 797. The van der Waals surface area contributed by atoms with Crippen LogP contribution in [0.3, 0.4) is 0 Å². The lowest BCUT2D eigenvalue weighted by Crippen LogP contribution is -2.37. The summed E-state index contributed by atoms with van der Waals surface area (Å²) in [6.45, 7) is 9.94. The van der Waals surface area contributed by atoms with Crippen LogP contribution in [0, 0.1) is 0 Å². The van der Waals surface area contributed by atoms with Crippen molar-refractivity contribution in [3.63, 3.8) is 0 Å². The van der Waals surface area contributed by atoms with Crippen LogP contribution in [0.25, 0.3) is 0 Å². The molecule has 0 radical (unpaired) electrons. The van der Waals surface area contributed by atoms with Gasteiger partial charge in [-0.25, -0.2) is 4.99 Å². The van der Waals surface area contributed by atoms with Crippen molar-refractivity contribution in [3.8, 4) is 11.5 Å². The highest BCUT2D eigenvalue weighted by Gasteiger charge is 2.21. The first kappa shape index (κ1) is 24.2. The number of halogens is 1. The van der Waals surface area contributed by atoms with Crippen LogP contribution >= 0.6 is 24.0 Å². The molecule has 2 aromatic rings. The molecule has 2 heterocycles. The second kappa shape index (κ2) is 12.6. The monoisotopic (exact) mass is 528 g/mol. The first-order valence-electron chi connectivity index (χ1n) is 10.5. The Morgan fingerprint density at radius 1 is 1.23 bits per heavy atom. The number of fused-ring (bicyclic) bond motifs is 1. The molecule has 0 spiro atoms. The maximum absolute atomic E-state index is 5.91. The summed E-state index contributed by atoms with van der Waals surface area (Å²) in [6, 6.07) is 4.19. The fraction of sp³-hybridized carbons (Fsp3) is 0.571. The summed E-state index contributed by atoms with van der Waals surface area (Å²) in [4.78, 5) is 4.75. The predicted molar refractivity (Wildman–Crippen MR) is 129 cm³/mol. The highest BCUT2D eigenvalue weighted by molar-refractivity contribution is 14.0. The third kappa shape index (κ3) is 7.03. The SMILES string of the molecule is CCNC(=NCc1cc2c(cc1OCC)CC(C)O2)NCCCCn1cnnc1.I. The molecule has 1 aromatic carbocycles. The van der Waals surface area contributed by atoms with Crippen LogP contribution in [0.1, 0.15) is 44.7 Å². The van der Waals surface area contributed by atoms with E-state index in [0.29, 0.717) is 13.2 Å². The number of hydrogen-bond acceptors (Lipinski definition) is 5. The number of guanidine groups is 1. The number of rotatable bonds is 10. The molecule has 1 aromatic heterocycles. The molecule has 1 unspecified atom stereocenters. The largest absolute Gasteiger partial charge is 0.494 e. The second-order valence-corrected chi connectivity index (χ2v) is 7.16. The molecule has 3 rings (SSSR count). The van der Waals surface area contributed by atoms with Gasteiger partial charge in [0.25, 0.3) is 0 Å². The second-order valence-electron chi connectivity index (χ2n) is 7.16. The van der Waals surface area contributed by atoms with Crippen molar-refractivity contribution < 1.29 is 9.47 Å². The topological polar surface area (TPSA) is 85.6 Å². The molecular weight excluding hydrogens is 495 g/mol. The van der Waals surface area contributed by atoms with Gasteiger partial charge in [-0.1, -0.05) is 0 Å². The molecule has 0 fully saturated rings. The molecule has 9 heteroatoms. The molecule has 0 bridgehead atoms. The number of nitrogens with zero attached hydrogens (tertiary/aromatic N) is 4. The molecule has 8 nitrogen and oxygen atoms in total. The molecular formula is C21H33IN6O2. The Hall–Kier alpha value is -2.04. The van der Waals surface area contributed by atoms with E-state index in [-0.39, 0.29) is 30.1 Å². The van der Waals surface area contributed by atoms with Crippen molar-refractivity contribution in [1.29, 1.82) is 0 Å². The lowest BCUT2D eigenvalue weighted by Gasteiger charge is -2.14. The predicted octanol–water partition coefficient (Wildman–Crippen LogP) is 3.15. The number of unbranched alkanes of at least 4 members (excludes halogenated alkanes) is 1. The minimum Gasteiger partial charge on any atom is -0.494 e. The van der Waals surface area contributed by atoms with E-state index in [1.54, 1.807) is 12.7 Å². The zero-order chi connectivity index (χ0) is 20.5. The Labute approximate surface area is 195 Å². The highest BCUT2D eigenvalue weighted by Crippen LogP contribution is 2.35. The number of ether oxygens (including phenoxy) is 2. The summed E-state index contributed by atoms with van der Waals surface area (Å²) < 4.78 is 13.8. The van der Waals surface area contributed by atoms with Crippen LogP contribution in [-0.4, -0.2) is 46.5 Å². The van der Waals surface area contributed by atoms with Gasteiger partial charge in [-0.05, 0) is 45.7 Å². The van der Waals surface area contributed by atoms with E-state index >= 15 is 0 Å². The third-order valence-electron chi connectivity index (χ3n) is 4.73. The van der Waals surface area contributed by atoms with Crippen molar-refractivity contribution >= 4 is 29.9 Å². The summed E-state index contributed by atoms with van der Waals surface area (Å²) in [5.74, 6) is 2.67. The number of aryl methyl sites for hydroxylation is 1. The highest BCUT2D eigenvalue weighted by atomic mass is 127. The van der Waals surface area contributed by atoms with E-state index in [1.165, 1.54) is 5.56 Å². The van der Waals surface area contributed by atoms with Crippen LogP contribution in [-0.2, 0) is 19.5 Å². The summed E-state index contributed by atoms with van der Waals surface area (Å²) >= 11 is 0. The lowest BCUT2D eigenvalue weighted by molar-refractivity contribution is 0.254. The summed E-state index contributed by atoms with van der Waals surface area (Å²) in [6.07, 6.45) is 6.73. The van der Waals surface area contributed by atoms with Crippen molar-refractivity contribution in [2.45, 2.75) is 59.2 Å². The Morgan fingerprint density at radius 2 is 2.03 bits per heavy atom. The van der Waals surface area contributed by atoms with E-state index < -0.39 is 0 Å². The first-order valence-corrected chi connectivity index (χ1v) is 10.5. The van der Waals surface area contributed by atoms with Gasteiger partial charge in [-0.3, -0.25) is 0 Å². The molecule has 2 N–H and O–H groups in total. The standard InChI is InChI=1S/C21H32N6O2.HI/c1-4-22-21(23-8-6-7-9-27-14-25-26-15-27)24-13-18-12-20-17(10-16(3)29-20)11-19(18)28-5-2;/h11-12,14-16H,4-10,13H2,1-3H3,(H2,22,23,24);1H. The Balaban J connectivity index is 0.00000320. The van der Waals surface area contributed by atoms with E-state index in [1.807, 2.05) is 11.5 Å². The summed E-state index contributed by atoms with van der Waals surface area (Å²) in [7, 11) is 0. The van der Waals surface area contributed by atoms with Crippen LogP contribution < -0.4 is 20.1 Å². The average Bonchev–Trinajstić information content (AvgIpc) is 3.34. The molecule has 0 amide bonds. The third-order valence-corrected chi connectivity index (χ3v) is 4.73. The Morgan fingerprint density at radius 3 is 2.77 bits per heavy atom. The quantitative estimate of drug-likeness (QED) is 0.213. The smallest absolute Gasteiger partial charge is 0.191 e. The molecule has 1 aliphatic rings. The average molecular weight is 528 g/mol. The van der Waals surface area contributed by atoms with E-state index in [4.69, 9.17) is 14.5 Å². The van der Waals surface area contributed by atoms with Crippen molar-refractivity contribution in [1.82, 2.24) is 25.4 Å². The first-order chi connectivity index (χ1) is 14.2. The summed E-state index contributed by atoms with van der Waals surface area (Å²) in [5.41, 5.74) is 2.26. The van der Waals surface area contributed by atoms with Crippen LogP contribution in [0.2, 0.25) is 0 Å². The molecule has 30 heavy (non-hydrogen) atoms. The zero-order valence-electron chi connectivity index (χ0n) is 18.1. The van der Waals surface area contributed by atoms with Gasteiger partial charge in [0.05, 0.1) is 13.2 Å². The molecule has 0 saturated carbocycles. The maximum Gasteiger partial charge on any atom is 0.191 e. The van der Waals surface area contributed by atoms with Gasteiger partial charge in [-0.15, -0.1) is 34.2 Å². The van der Waals surface area contributed by atoms with Crippen molar-refractivity contribution in [2.24, 2.45) is 4.99 Å². The molecule has 1 atom stereocenters. The van der Waals surface area contributed by atoms with E-state index in [0.717, 1.165) is 61.9 Å². The van der Waals surface area contributed by atoms with Gasteiger partial charge in [-0.2, -0.15) is 0 Å². The van der Waals surface area contributed by atoms with Gasteiger partial charge in [0.2, 0.25) is 0 Å². The van der Waals surface area contributed by atoms with E-state index in [9.17, 15) is 0 Å². The Kier molecular flexibility index (Phi) is 10.2. The van der Waals surface area contributed by atoms with Gasteiger partial charge in [0, 0.05) is 37.2 Å². The summed E-state index contributed by atoms with van der Waals surface area (Å²) in [5, 5.41) is 14.4. The normalized spacial score (nSPS) is 15.2. The molecule has 0 saturated heterocycles. The van der Waals surface area contributed by atoms with Gasteiger partial charge < -0.3 is 24.7 Å². The number of aliphatic imine (C=N–C) groups is 1. The van der Waals surface area contributed by atoms with E-state index in [2.05, 4.69) is 46.8 Å². The molecule has 0 aliphatic carbocycles. The fourth-order valence-electron chi connectivity index (χ4n) is 3.36. The molecule has 1 aliphatic heterocycles. The van der Waals surface area contributed by atoms with Gasteiger partial charge in [0.15, 0.2) is 5.96 Å². The number of aromatic nitrogens is 3. The minimum absolute atomic E-state index is 0. The van der Waals surface area contributed by atoms with Crippen molar-refractivity contribution in [3.05, 3.63) is 35.9 Å². The minimum atomic E-state index is 0. The maximum atomic E-state index is 5.91. The van der Waals surface area contributed by atoms with Crippen LogP contribution in [0.5, 0.6) is 11.5 Å². The van der Waals surface area contributed by atoms with Gasteiger partial charge >= 0.3 is 0 Å². The lowest BCUT2D eigenvalue weighted by atomic mass is 10.1. The molecule has 166 valence electrons.